The average Bonchev–Trinajstić information content (AvgIpc) is 2.38. The first-order valence-corrected chi connectivity index (χ1v) is 7.38. The number of aliphatic hydroxyl groups is 1. The number of primary amides is 1. The highest BCUT2D eigenvalue weighted by molar-refractivity contribution is 5.80. The largest absolute Gasteiger partial charge is 0.396 e. The van der Waals surface area contributed by atoms with Gasteiger partial charge in [-0.05, 0) is 25.2 Å². The minimum atomic E-state index is -0.477. The van der Waals surface area contributed by atoms with Crippen LogP contribution in [0.3, 0.4) is 0 Å². The Balaban J connectivity index is 0. The first kappa shape index (κ1) is 19.8. The van der Waals surface area contributed by atoms with E-state index in [9.17, 15) is 4.79 Å². The highest BCUT2D eigenvalue weighted by Gasteiger charge is 2.31. The monoisotopic (exact) mass is 259 g/mol. The lowest BCUT2D eigenvalue weighted by atomic mass is 9.79. The molecule has 0 fully saturated rings. The summed E-state index contributed by atoms with van der Waals surface area (Å²) in [5.74, 6) is 0.691. The average molecular weight is 259 g/mol. The SMILES string of the molecule is CCC(CC)(CCO)C(N)=O.CCC(CC)CC. The molecule has 0 heterocycles. The first-order chi connectivity index (χ1) is 8.47. The molecule has 0 aliphatic carbocycles. The molecule has 0 aromatic carbocycles. The van der Waals surface area contributed by atoms with E-state index in [1.165, 1.54) is 19.3 Å². The van der Waals surface area contributed by atoms with Gasteiger partial charge in [-0.1, -0.05) is 53.9 Å². The molecule has 0 aromatic heterocycles. The van der Waals surface area contributed by atoms with E-state index >= 15 is 0 Å². The Hall–Kier alpha value is -0.570. The molecule has 0 rings (SSSR count). The molecule has 0 unspecified atom stereocenters. The van der Waals surface area contributed by atoms with Gasteiger partial charge in [0.1, 0.15) is 0 Å². The predicted octanol–water partition coefficient (Wildman–Crippen LogP) is 3.49. The molecular weight excluding hydrogens is 226 g/mol. The van der Waals surface area contributed by atoms with Crippen LogP contribution in [0.15, 0.2) is 0 Å². The molecule has 0 atom stereocenters. The number of aliphatic hydroxyl groups excluding tert-OH is 1. The maximum atomic E-state index is 11.0. The molecule has 0 radical (unpaired) electrons. The summed E-state index contributed by atoms with van der Waals surface area (Å²) in [5.41, 5.74) is 4.75. The molecule has 18 heavy (non-hydrogen) atoms. The molecule has 110 valence electrons. The zero-order valence-electron chi connectivity index (χ0n) is 13.0. The van der Waals surface area contributed by atoms with E-state index in [4.69, 9.17) is 10.8 Å². The lowest BCUT2D eigenvalue weighted by molar-refractivity contribution is -0.129. The van der Waals surface area contributed by atoms with E-state index < -0.39 is 5.41 Å². The van der Waals surface area contributed by atoms with Crippen LogP contribution >= 0.6 is 0 Å². The van der Waals surface area contributed by atoms with Crippen molar-refractivity contribution in [2.45, 2.75) is 73.1 Å². The van der Waals surface area contributed by atoms with E-state index in [2.05, 4.69) is 20.8 Å². The number of carbonyl (C=O) groups excluding carboxylic acids is 1. The number of amides is 1. The molecular formula is C15H33NO2. The van der Waals surface area contributed by atoms with Crippen molar-refractivity contribution in [2.24, 2.45) is 17.1 Å². The van der Waals surface area contributed by atoms with E-state index in [-0.39, 0.29) is 12.5 Å². The third-order valence-corrected chi connectivity index (χ3v) is 4.20. The van der Waals surface area contributed by atoms with Crippen molar-refractivity contribution in [3.63, 3.8) is 0 Å². The molecule has 0 saturated carbocycles. The van der Waals surface area contributed by atoms with Gasteiger partial charge < -0.3 is 10.8 Å². The van der Waals surface area contributed by atoms with Gasteiger partial charge in [-0.2, -0.15) is 0 Å². The minimum absolute atomic E-state index is 0.0324. The Morgan fingerprint density at radius 2 is 1.44 bits per heavy atom. The number of rotatable bonds is 8. The maximum absolute atomic E-state index is 11.0. The van der Waals surface area contributed by atoms with Crippen molar-refractivity contribution in [3.8, 4) is 0 Å². The molecule has 1 amide bonds. The second-order valence-corrected chi connectivity index (χ2v) is 4.92. The zero-order chi connectivity index (χ0) is 14.6. The van der Waals surface area contributed by atoms with Crippen LogP contribution in [0, 0.1) is 11.3 Å². The molecule has 0 aromatic rings. The van der Waals surface area contributed by atoms with Crippen LogP contribution in [-0.2, 0) is 4.79 Å². The van der Waals surface area contributed by atoms with Crippen LogP contribution in [0.1, 0.15) is 73.1 Å². The van der Waals surface area contributed by atoms with Gasteiger partial charge in [0.25, 0.3) is 0 Å². The molecule has 0 aliphatic rings. The molecule has 0 bridgehead atoms. The highest BCUT2D eigenvalue weighted by Crippen LogP contribution is 2.29. The van der Waals surface area contributed by atoms with Crippen molar-refractivity contribution in [3.05, 3.63) is 0 Å². The van der Waals surface area contributed by atoms with Gasteiger partial charge in [-0.15, -0.1) is 0 Å². The summed E-state index contributed by atoms with van der Waals surface area (Å²) in [6, 6.07) is 0. The number of nitrogens with two attached hydrogens (primary N) is 1. The van der Waals surface area contributed by atoms with Gasteiger partial charge >= 0.3 is 0 Å². The van der Waals surface area contributed by atoms with E-state index in [1.807, 2.05) is 13.8 Å². The summed E-state index contributed by atoms with van der Waals surface area (Å²) in [6.07, 6.45) is 5.96. The van der Waals surface area contributed by atoms with Gasteiger partial charge in [0.15, 0.2) is 0 Å². The van der Waals surface area contributed by atoms with Crippen molar-refractivity contribution in [1.29, 1.82) is 0 Å². The fourth-order valence-corrected chi connectivity index (χ4v) is 2.16. The van der Waals surface area contributed by atoms with Crippen molar-refractivity contribution in [1.82, 2.24) is 0 Å². The van der Waals surface area contributed by atoms with Gasteiger partial charge in [0.05, 0.1) is 5.41 Å². The third kappa shape index (κ3) is 7.00. The predicted molar refractivity (Wildman–Crippen MR) is 78.3 cm³/mol. The van der Waals surface area contributed by atoms with E-state index in [0.29, 0.717) is 19.3 Å². The number of hydrogen-bond donors (Lipinski definition) is 2. The fraction of sp³-hybridized carbons (Fsp3) is 0.933. The van der Waals surface area contributed by atoms with E-state index in [1.54, 1.807) is 0 Å². The summed E-state index contributed by atoms with van der Waals surface area (Å²) >= 11 is 0. The summed E-state index contributed by atoms with van der Waals surface area (Å²) in [7, 11) is 0. The number of carbonyl (C=O) groups is 1. The normalized spacial score (nSPS) is 11.1. The van der Waals surface area contributed by atoms with Crippen molar-refractivity contribution < 1.29 is 9.90 Å². The topological polar surface area (TPSA) is 63.3 Å². The molecule has 3 N–H and O–H groups in total. The molecule has 0 aliphatic heterocycles. The van der Waals surface area contributed by atoms with Crippen LogP contribution in [0.5, 0.6) is 0 Å². The summed E-state index contributed by atoms with van der Waals surface area (Å²) in [4.78, 5) is 11.0. The summed E-state index contributed by atoms with van der Waals surface area (Å²) < 4.78 is 0. The van der Waals surface area contributed by atoms with Gasteiger partial charge in [-0.3, -0.25) is 4.79 Å². The summed E-state index contributed by atoms with van der Waals surface area (Å²) in [6.45, 7) is 10.7. The van der Waals surface area contributed by atoms with Crippen molar-refractivity contribution in [2.75, 3.05) is 6.61 Å². The Morgan fingerprint density at radius 3 is 1.50 bits per heavy atom. The summed E-state index contributed by atoms with van der Waals surface area (Å²) in [5, 5.41) is 8.71. The van der Waals surface area contributed by atoms with Crippen molar-refractivity contribution >= 4 is 5.91 Å². The lowest BCUT2D eigenvalue weighted by Crippen LogP contribution is -2.36. The van der Waals surface area contributed by atoms with Crippen LogP contribution in [0.4, 0.5) is 0 Å². The Kier molecular flexibility index (Phi) is 12.6. The zero-order valence-corrected chi connectivity index (χ0v) is 13.0. The fourth-order valence-electron chi connectivity index (χ4n) is 2.16. The van der Waals surface area contributed by atoms with Gasteiger partial charge in [0, 0.05) is 6.61 Å². The second kappa shape index (κ2) is 11.5. The van der Waals surface area contributed by atoms with E-state index in [0.717, 1.165) is 5.92 Å². The standard InChI is InChI=1S/C8H17NO2.C7H16/c1-3-8(4-2,5-6-10)7(9)11;1-4-7(5-2)6-3/h10H,3-6H2,1-2H3,(H2,9,11);7H,4-6H2,1-3H3. The second-order valence-electron chi connectivity index (χ2n) is 4.92. The van der Waals surface area contributed by atoms with Crippen LogP contribution in [-0.4, -0.2) is 17.6 Å². The number of hydrogen-bond acceptors (Lipinski definition) is 2. The highest BCUT2D eigenvalue weighted by atomic mass is 16.3. The Labute approximate surface area is 113 Å². The maximum Gasteiger partial charge on any atom is 0.223 e. The van der Waals surface area contributed by atoms with Crippen LogP contribution < -0.4 is 5.73 Å². The van der Waals surface area contributed by atoms with Crippen LogP contribution in [0.25, 0.3) is 0 Å². The molecule has 0 saturated heterocycles. The Bertz CT molecular complexity index is 191. The lowest BCUT2D eigenvalue weighted by Gasteiger charge is -2.26. The smallest absolute Gasteiger partial charge is 0.223 e. The molecule has 0 spiro atoms. The third-order valence-electron chi connectivity index (χ3n) is 4.20. The molecule has 3 heteroatoms. The molecule has 3 nitrogen and oxygen atoms in total. The first-order valence-electron chi connectivity index (χ1n) is 7.38. The van der Waals surface area contributed by atoms with Crippen LogP contribution in [0.2, 0.25) is 0 Å². The quantitative estimate of drug-likeness (QED) is 0.701. The minimum Gasteiger partial charge on any atom is -0.396 e. The van der Waals surface area contributed by atoms with Gasteiger partial charge in [0.2, 0.25) is 5.91 Å². The van der Waals surface area contributed by atoms with Gasteiger partial charge in [-0.25, -0.2) is 0 Å². The Morgan fingerprint density at radius 1 is 1.06 bits per heavy atom.